The number of methoxy groups -OCH3 is 1. The molecule has 0 saturated heterocycles. The maximum Gasteiger partial charge on any atom is 0.0713 e. The van der Waals surface area contributed by atoms with Crippen LogP contribution in [0.3, 0.4) is 0 Å². The molecule has 3 radical (unpaired) electrons. The van der Waals surface area contributed by atoms with E-state index in [4.69, 9.17) is 10.5 Å². The van der Waals surface area contributed by atoms with Crippen LogP contribution in [0.4, 0.5) is 0 Å². The molecule has 2 N–H and O–H groups in total. The van der Waals surface area contributed by atoms with E-state index in [0.29, 0.717) is 13.2 Å². The molecule has 0 atom stereocenters. The van der Waals surface area contributed by atoms with Gasteiger partial charge < -0.3 is 10.5 Å². The Balaban J connectivity index is 0.00000121. The largest absolute Gasteiger partial charge is 0.380 e. The third kappa shape index (κ3) is 3.62. The van der Waals surface area contributed by atoms with Crippen LogP contribution in [-0.4, -0.2) is 33.3 Å². The predicted molar refractivity (Wildman–Crippen MR) is 50.8 cm³/mol. The van der Waals surface area contributed by atoms with E-state index in [1.807, 2.05) is 18.2 Å². The van der Waals surface area contributed by atoms with Gasteiger partial charge in [0, 0.05) is 39.9 Å². The summed E-state index contributed by atoms with van der Waals surface area (Å²) in [6, 6.07) is 8.10. The number of ether oxygens (including phenoxy) is 1. The van der Waals surface area contributed by atoms with Gasteiger partial charge in [-0.1, -0.05) is 24.3 Å². The molecule has 0 heterocycles. The van der Waals surface area contributed by atoms with Gasteiger partial charge in [0.25, 0.3) is 0 Å². The number of hydrogen-bond acceptors (Lipinski definition) is 2. The second kappa shape index (κ2) is 6.53. The van der Waals surface area contributed by atoms with Crippen molar-refractivity contribution in [2.24, 2.45) is 5.73 Å². The zero-order valence-electron chi connectivity index (χ0n) is 7.16. The maximum absolute atomic E-state index is 5.47. The molecule has 1 rings (SSSR count). The van der Waals surface area contributed by atoms with Crippen LogP contribution in [-0.2, 0) is 17.9 Å². The fourth-order valence-electron chi connectivity index (χ4n) is 1.01. The monoisotopic (exact) mass is 360 g/mol. The van der Waals surface area contributed by atoms with Gasteiger partial charge in [0.15, 0.2) is 0 Å². The summed E-state index contributed by atoms with van der Waals surface area (Å²) in [4.78, 5) is 0. The molecule has 0 saturated carbocycles. The van der Waals surface area contributed by atoms with Gasteiger partial charge in [-0.3, -0.25) is 0 Å². The molecule has 0 aliphatic heterocycles. The quantitative estimate of drug-likeness (QED) is 0.814. The van der Waals surface area contributed by atoms with Crippen LogP contribution < -0.4 is 5.73 Å². The Bertz CT molecular complexity index is 228. The standard InChI is InChI=1S/C9H13NO.Bi/c1-11-7-9-4-2-3-8(5-9)6-10;/h2-5H,6-7,10H2,1H3;. The van der Waals surface area contributed by atoms with Crippen LogP contribution in [0.1, 0.15) is 11.1 Å². The van der Waals surface area contributed by atoms with Crippen molar-refractivity contribution in [3.63, 3.8) is 0 Å². The molecule has 1 aromatic carbocycles. The summed E-state index contributed by atoms with van der Waals surface area (Å²) >= 11 is 0. The molecule has 0 spiro atoms. The smallest absolute Gasteiger partial charge is 0.0713 e. The molecule has 65 valence electrons. The Morgan fingerprint density at radius 3 is 2.58 bits per heavy atom. The zero-order valence-corrected chi connectivity index (χ0v) is 10.6. The van der Waals surface area contributed by atoms with E-state index < -0.39 is 0 Å². The van der Waals surface area contributed by atoms with Gasteiger partial charge in [0.05, 0.1) is 6.61 Å². The first kappa shape index (κ1) is 12.0. The van der Waals surface area contributed by atoms with E-state index in [2.05, 4.69) is 6.07 Å². The summed E-state index contributed by atoms with van der Waals surface area (Å²) in [5.74, 6) is 0. The van der Waals surface area contributed by atoms with Crippen LogP contribution in [0.2, 0.25) is 0 Å². The molecule has 0 amide bonds. The van der Waals surface area contributed by atoms with Crippen molar-refractivity contribution in [1.29, 1.82) is 0 Å². The van der Waals surface area contributed by atoms with Crippen molar-refractivity contribution in [3.05, 3.63) is 35.4 Å². The van der Waals surface area contributed by atoms with Crippen molar-refractivity contribution in [2.45, 2.75) is 13.2 Å². The average molecular weight is 360 g/mol. The van der Waals surface area contributed by atoms with Gasteiger partial charge >= 0.3 is 0 Å². The number of nitrogens with two attached hydrogens (primary N) is 1. The molecule has 0 aromatic heterocycles. The van der Waals surface area contributed by atoms with E-state index in [-0.39, 0.29) is 26.2 Å². The molecule has 0 unspecified atom stereocenters. The molecule has 0 fully saturated rings. The minimum atomic E-state index is 0. The Kier molecular flexibility index (Phi) is 6.54. The Morgan fingerprint density at radius 1 is 1.33 bits per heavy atom. The topological polar surface area (TPSA) is 35.2 Å². The fraction of sp³-hybridized carbons (Fsp3) is 0.333. The number of rotatable bonds is 3. The zero-order chi connectivity index (χ0) is 8.10. The number of benzene rings is 1. The third-order valence-corrected chi connectivity index (χ3v) is 1.54. The summed E-state index contributed by atoms with van der Waals surface area (Å²) in [5, 5.41) is 0. The van der Waals surface area contributed by atoms with Crippen molar-refractivity contribution in [3.8, 4) is 0 Å². The molecule has 0 aliphatic carbocycles. The van der Waals surface area contributed by atoms with Gasteiger partial charge in [-0.2, -0.15) is 0 Å². The van der Waals surface area contributed by atoms with Gasteiger partial charge in [0.1, 0.15) is 0 Å². The fourth-order valence-corrected chi connectivity index (χ4v) is 1.01. The second-order valence-electron chi connectivity index (χ2n) is 2.46. The van der Waals surface area contributed by atoms with E-state index in [1.54, 1.807) is 7.11 Å². The SMILES string of the molecule is COCc1cccc(CN)c1.[Bi]. The van der Waals surface area contributed by atoms with Crippen LogP contribution in [0.5, 0.6) is 0 Å². The summed E-state index contributed by atoms with van der Waals surface area (Å²) in [5.41, 5.74) is 7.80. The van der Waals surface area contributed by atoms with E-state index in [0.717, 1.165) is 5.56 Å². The molecule has 1 aromatic rings. The predicted octanol–water partition coefficient (Wildman–Crippen LogP) is 0.911. The Hall–Kier alpha value is 0.0231. The summed E-state index contributed by atoms with van der Waals surface area (Å²) < 4.78 is 4.99. The van der Waals surface area contributed by atoms with Crippen molar-refractivity contribution >= 4 is 26.2 Å². The minimum absolute atomic E-state index is 0. The van der Waals surface area contributed by atoms with Gasteiger partial charge in [0.2, 0.25) is 0 Å². The second-order valence-corrected chi connectivity index (χ2v) is 2.46. The molecular weight excluding hydrogens is 347 g/mol. The van der Waals surface area contributed by atoms with E-state index in [1.165, 1.54) is 5.56 Å². The first-order valence-electron chi connectivity index (χ1n) is 3.63. The first-order valence-corrected chi connectivity index (χ1v) is 3.63. The molecule has 12 heavy (non-hydrogen) atoms. The van der Waals surface area contributed by atoms with Crippen molar-refractivity contribution < 1.29 is 4.74 Å². The molecule has 0 aliphatic rings. The molecule has 2 nitrogen and oxygen atoms in total. The normalized spacial score (nSPS) is 9.17. The van der Waals surface area contributed by atoms with Gasteiger partial charge in [-0.05, 0) is 11.1 Å². The van der Waals surface area contributed by atoms with Crippen LogP contribution in [0.15, 0.2) is 24.3 Å². The molecular formula is C9H13BiNO. The first-order chi connectivity index (χ1) is 5.36. The maximum atomic E-state index is 5.47. The van der Waals surface area contributed by atoms with Crippen LogP contribution in [0, 0.1) is 0 Å². The Labute approximate surface area is 92.2 Å². The van der Waals surface area contributed by atoms with E-state index >= 15 is 0 Å². The summed E-state index contributed by atoms with van der Waals surface area (Å²) in [6.07, 6.45) is 0. The van der Waals surface area contributed by atoms with Gasteiger partial charge in [-0.15, -0.1) is 0 Å². The molecule has 0 bridgehead atoms. The Morgan fingerprint density at radius 2 is 2.00 bits per heavy atom. The van der Waals surface area contributed by atoms with Crippen molar-refractivity contribution in [2.75, 3.05) is 7.11 Å². The average Bonchev–Trinajstić information content (AvgIpc) is 2.06. The summed E-state index contributed by atoms with van der Waals surface area (Å²) in [6.45, 7) is 1.26. The van der Waals surface area contributed by atoms with E-state index in [9.17, 15) is 0 Å². The van der Waals surface area contributed by atoms with Crippen LogP contribution >= 0.6 is 0 Å². The van der Waals surface area contributed by atoms with Gasteiger partial charge in [-0.25, -0.2) is 0 Å². The van der Waals surface area contributed by atoms with Crippen molar-refractivity contribution in [1.82, 2.24) is 0 Å². The number of hydrogen-bond donors (Lipinski definition) is 1. The van der Waals surface area contributed by atoms with Crippen LogP contribution in [0.25, 0.3) is 0 Å². The minimum Gasteiger partial charge on any atom is -0.380 e. The summed E-state index contributed by atoms with van der Waals surface area (Å²) in [7, 11) is 1.69. The molecule has 3 heteroatoms. The third-order valence-electron chi connectivity index (χ3n) is 1.54.